The molecule has 0 radical (unpaired) electrons. The molecule has 1 rings (SSSR count). The number of hydrogen-bond donors (Lipinski definition) is 0. The van der Waals surface area contributed by atoms with Gasteiger partial charge in [-0.1, -0.05) is 47.4 Å². The summed E-state index contributed by atoms with van der Waals surface area (Å²) >= 11 is 11.4. The Kier molecular flexibility index (Phi) is 6.10. The molecule has 0 fully saturated rings. The highest BCUT2D eigenvalue weighted by atomic mass is 79.9. The maximum Gasteiger partial charge on any atom is 0.0417 e. The molecule has 0 saturated carbocycles. The Morgan fingerprint density at radius 2 is 2.13 bits per heavy atom. The van der Waals surface area contributed by atoms with Crippen LogP contribution in [0.15, 0.2) is 29.2 Å². The molecule has 0 aliphatic carbocycles. The van der Waals surface area contributed by atoms with Crippen LogP contribution >= 0.6 is 39.3 Å². The van der Waals surface area contributed by atoms with Gasteiger partial charge in [0, 0.05) is 21.0 Å². The zero-order chi connectivity index (χ0) is 11.3. The molecule has 0 amide bonds. The third kappa shape index (κ3) is 4.80. The Morgan fingerprint density at radius 3 is 2.67 bits per heavy atom. The van der Waals surface area contributed by atoms with Crippen molar-refractivity contribution in [3.05, 3.63) is 29.3 Å². The van der Waals surface area contributed by atoms with Gasteiger partial charge in [-0.25, -0.2) is 0 Å². The van der Waals surface area contributed by atoms with Crippen molar-refractivity contribution >= 4 is 39.3 Å². The predicted octanol–water partition coefficient (Wildman–Crippen LogP) is 5.10. The van der Waals surface area contributed by atoms with Crippen molar-refractivity contribution in [2.24, 2.45) is 11.8 Å². The summed E-state index contributed by atoms with van der Waals surface area (Å²) < 4.78 is 0. The predicted molar refractivity (Wildman–Crippen MR) is 74.3 cm³/mol. The van der Waals surface area contributed by atoms with Gasteiger partial charge in [-0.3, -0.25) is 0 Å². The first-order valence-electron chi connectivity index (χ1n) is 5.07. The largest absolute Gasteiger partial charge is 0.126 e. The van der Waals surface area contributed by atoms with Crippen molar-refractivity contribution in [1.82, 2.24) is 0 Å². The summed E-state index contributed by atoms with van der Waals surface area (Å²) in [7, 11) is 0. The fourth-order valence-corrected chi connectivity index (χ4v) is 4.00. The van der Waals surface area contributed by atoms with Gasteiger partial charge in [0.1, 0.15) is 0 Å². The van der Waals surface area contributed by atoms with Gasteiger partial charge in [-0.2, -0.15) is 0 Å². The van der Waals surface area contributed by atoms with Crippen LogP contribution in [-0.4, -0.2) is 11.1 Å². The molecule has 0 bridgehead atoms. The average molecular weight is 308 g/mol. The summed E-state index contributed by atoms with van der Waals surface area (Å²) in [5.74, 6) is 2.58. The Balaban J connectivity index is 2.49. The van der Waals surface area contributed by atoms with Crippen LogP contribution < -0.4 is 0 Å². The van der Waals surface area contributed by atoms with E-state index < -0.39 is 0 Å². The molecule has 1 atom stereocenters. The summed E-state index contributed by atoms with van der Waals surface area (Å²) in [5, 5.41) is 1.89. The molecular weight excluding hydrogens is 292 g/mol. The van der Waals surface area contributed by atoms with Crippen LogP contribution in [-0.2, 0) is 0 Å². The zero-order valence-corrected chi connectivity index (χ0v) is 12.2. The number of rotatable bonds is 5. The first kappa shape index (κ1) is 13.4. The lowest BCUT2D eigenvalue weighted by Crippen LogP contribution is -2.12. The molecule has 84 valence electrons. The smallest absolute Gasteiger partial charge is 0.0417 e. The van der Waals surface area contributed by atoms with Gasteiger partial charge in [-0.05, 0) is 30.0 Å². The normalized spacial score (nSPS) is 13.1. The summed E-state index contributed by atoms with van der Waals surface area (Å²) in [6, 6.07) is 8.05. The number of hydrogen-bond acceptors (Lipinski definition) is 1. The third-order valence-electron chi connectivity index (χ3n) is 2.40. The van der Waals surface area contributed by atoms with Crippen molar-refractivity contribution in [3.8, 4) is 0 Å². The Bertz CT molecular complexity index is 301. The van der Waals surface area contributed by atoms with Crippen molar-refractivity contribution < 1.29 is 0 Å². The number of alkyl halides is 1. The van der Waals surface area contributed by atoms with Gasteiger partial charge in [0.05, 0.1) is 0 Å². The highest BCUT2D eigenvalue weighted by molar-refractivity contribution is 9.09. The maximum absolute atomic E-state index is 5.93. The van der Waals surface area contributed by atoms with Crippen LogP contribution in [0, 0.1) is 11.8 Å². The Labute approximate surface area is 110 Å². The second-order valence-electron chi connectivity index (χ2n) is 3.93. The van der Waals surface area contributed by atoms with Gasteiger partial charge in [-0.15, -0.1) is 11.8 Å². The molecule has 0 aromatic heterocycles. The quantitative estimate of drug-likeness (QED) is 0.539. The molecule has 1 unspecified atom stereocenters. The van der Waals surface area contributed by atoms with Gasteiger partial charge in [0.15, 0.2) is 0 Å². The van der Waals surface area contributed by atoms with E-state index in [4.69, 9.17) is 11.6 Å². The van der Waals surface area contributed by atoms with E-state index in [1.165, 1.54) is 4.90 Å². The van der Waals surface area contributed by atoms with E-state index in [1.807, 2.05) is 30.0 Å². The summed E-state index contributed by atoms with van der Waals surface area (Å²) in [6.07, 6.45) is 0. The third-order valence-corrected chi connectivity index (χ3v) is 4.65. The number of thioether (sulfide) groups is 1. The van der Waals surface area contributed by atoms with E-state index in [-0.39, 0.29) is 0 Å². The van der Waals surface area contributed by atoms with E-state index >= 15 is 0 Å². The van der Waals surface area contributed by atoms with Crippen molar-refractivity contribution in [1.29, 1.82) is 0 Å². The Hall–Kier alpha value is 0.340. The molecule has 1 aromatic rings. The molecule has 3 heteroatoms. The first-order valence-corrected chi connectivity index (χ1v) is 7.56. The van der Waals surface area contributed by atoms with Gasteiger partial charge in [0.25, 0.3) is 0 Å². The molecule has 15 heavy (non-hydrogen) atoms. The number of halogens is 2. The fraction of sp³-hybridized carbons (Fsp3) is 0.500. The molecule has 0 spiro atoms. The van der Waals surface area contributed by atoms with E-state index in [1.54, 1.807) is 0 Å². The van der Waals surface area contributed by atoms with Crippen LogP contribution in [0.4, 0.5) is 0 Å². The lowest BCUT2D eigenvalue weighted by molar-refractivity contribution is 0.474. The topological polar surface area (TPSA) is 0 Å². The second-order valence-corrected chi connectivity index (χ2v) is 6.10. The maximum atomic E-state index is 5.93. The van der Waals surface area contributed by atoms with Crippen molar-refractivity contribution in [2.75, 3.05) is 11.1 Å². The second kappa shape index (κ2) is 6.82. The average Bonchev–Trinajstić information content (AvgIpc) is 2.18. The minimum Gasteiger partial charge on any atom is -0.126 e. The highest BCUT2D eigenvalue weighted by Gasteiger charge is 2.12. The van der Waals surface area contributed by atoms with Crippen LogP contribution in [0.2, 0.25) is 5.02 Å². The molecule has 1 aromatic carbocycles. The van der Waals surface area contributed by atoms with Gasteiger partial charge < -0.3 is 0 Å². The molecule has 0 aliphatic heterocycles. The van der Waals surface area contributed by atoms with E-state index in [0.717, 1.165) is 22.0 Å². The summed E-state index contributed by atoms with van der Waals surface area (Å²) in [4.78, 5) is 1.26. The Morgan fingerprint density at radius 1 is 1.40 bits per heavy atom. The van der Waals surface area contributed by atoms with E-state index in [9.17, 15) is 0 Å². The van der Waals surface area contributed by atoms with Crippen LogP contribution in [0.3, 0.4) is 0 Å². The van der Waals surface area contributed by atoms with Crippen LogP contribution in [0.5, 0.6) is 0 Å². The van der Waals surface area contributed by atoms with E-state index in [0.29, 0.717) is 5.92 Å². The molecule has 0 saturated heterocycles. The minimum atomic E-state index is 0.717. The summed E-state index contributed by atoms with van der Waals surface area (Å²) in [6.45, 7) is 4.54. The van der Waals surface area contributed by atoms with Gasteiger partial charge >= 0.3 is 0 Å². The summed E-state index contributed by atoms with van der Waals surface area (Å²) in [5.41, 5.74) is 0. The first-order chi connectivity index (χ1) is 7.13. The molecule has 0 heterocycles. The van der Waals surface area contributed by atoms with Gasteiger partial charge in [0.2, 0.25) is 0 Å². The van der Waals surface area contributed by atoms with Crippen molar-refractivity contribution in [3.63, 3.8) is 0 Å². The molecule has 0 aliphatic rings. The van der Waals surface area contributed by atoms with Crippen LogP contribution in [0.25, 0.3) is 0 Å². The molecule has 0 nitrogen and oxygen atoms in total. The van der Waals surface area contributed by atoms with Crippen LogP contribution in [0.1, 0.15) is 13.8 Å². The minimum absolute atomic E-state index is 0.717. The highest BCUT2D eigenvalue weighted by Crippen LogP contribution is 2.27. The molecular formula is C12H16BrClS. The van der Waals surface area contributed by atoms with E-state index in [2.05, 4.69) is 35.8 Å². The lowest BCUT2D eigenvalue weighted by Gasteiger charge is -2.17. The lowest BCUT2D eigenvalue weighted by atomic mass is 10.0. The standard InChI is InChI=1S/C12H16BrClS/c1-9(2)10(7-13)8-15-12-5-3-4-11(14)6-12/h3-6,9-10H,7-8H2,1-2H3. The molecule has 0 N–H and O–H groups in total. The fourth-order valence-electron chi connectivity index (χ4n) is 1.18. The SMILES string of the molecule is CC(C)C(CBr)CSc1cccc(Cl)c1. The van der Waals surface area contributed by atoms with Crippen molar-refractivity contribution in [2.45, 2.75) is 18.7 Å². The zero-order valence-electron chi connectivity index (χ0n) is 9.04. The monoisotopic (exact) mass is 306 g/mol. The number of benzene rings is 1.